The number of nitrogens with one attached hydrogen (secondary N) is 5. The van der Waals surface area contributed by atoms with E-state index in [2.05, 4.69) is 20.9 Å². The first kappa shape index (κ1) is 28.1. The lowest BCUT2D eigenvalue weighted by atomic mass is 10.1. The van der Waals surface area contributed by atoms with Crippen molar-refractivity contribution in [1.29, 1.82) is 5.41 Å². The Morgan fingerprint density at radius 2 is 1.88 bits per heavy atom. The van der Waals surface area contributed by atoms with Gasteiger partial charge in [0, 0.05) is 28.7 Å². The summed E-state index contributed by atoms with van der Waals surface area (Å²) in [6.45, 7) is 3.84. The van der Waals surface area contributed by atoms with Gasteiger partial charge in [0.2, 0.25) is 5.91 Å². The smallest absolute Gasteiger partial charge is 0.330 e. The Bertz CT molecular complexity index is 1430. The first-order valence-corrected chi connectivity index (χ1v) is 13.1. The Morgan fingerprint density at radius 3 is 2.55 bits per heavy atom. The first-order valence-electron chi connectivity index (χ1n) is 13.1. The van der Waals surface area contributed by atoms with Gasteiger partial charge >= 0.3 is 12.0 Å². The van der Waals surface area contributed by atoms with E-state index in [9.17, 15) is 19.2 Å². The van der Waals surface area contributed by atoms with Crippen LogP contribution in [-0.4, -0.2) is 66.4 Å². The van der Waals surface area contributed by atoms with E-state index in [-0.39, 0.29) is 24.9 Å². The van der Waals surface area contributed by atoms with Crippen LogP contribution in [0.4, 0.5) is 10.5 Å². The number of urea groups is 1. The predicted molar refractivity (Wildman–Crippen MR) is 150 cm³/mol. The maximum Gasteiger partial charge on any atom is 0.330 e. The van der Waals surface area contributed by atoms with Crippen molar-refractivity contribution in [2.75, 3.05) is 24.6 Å². The van der Waals surface area contributed by atoms with Gasteiger partial charge in [0.15, 0.2) is 0 Å². The number of carbonyl (C=O) groups is 4. The SMILES string of the molecule is CCOC(=O)C(CNC(=O)NC1CCN(c2ccc(C(=N)N)cc2)C1=O)NC(=O)c1[nH]c2ccccc2c1CC. The van der Waals surface area contributed by atoms with Crippen molar-refractivity contribution in [3.63, 3.8) is 0 Å². The molecule has 0 saturated carbocycles. The van der Waals surface area contributed by atoms with E-state index in [1.165, 1.54) is 0 Å². The third kappa shape index (κ3) is 6.06. The molecule has 12 nitrogen and oxygen atoms in total. The van der Waals surface area contributed by atoms with Gasteiger partial charge in [-0.05, 0) is 55.7 Å². The minimum atomic E-state index is -1.15. The lowest BCUT2D eigenvalue weighted by molar-refractivity contribution is -0.145. The minimum Gasteiger partial charge on any atom is -0.464 e. The van der Waals surface area contributed by atoms with Crippen molar-refractivity contribution in [3.05, 3.63) is 65.4 Å². The van der Waals surface area contributed by atoms with Crippen molar-refractivity contribution < 1.29 is 23.9 Å². The molecule has 3 aromatic rings. The van der Waals surface area contributed by atoms with Crippen LogP contribution in [0.3, 0.4) is 0 Å². The highest BCUT2D eigenvalue weighted by atomic mass is 16.5. The summed E-state index contributed by atoms with van der Waals surface area (Å²) in [5, 5.41) is 16.3. The number of amides is 4. The molecular weight excluding hydrogens is 514 g/mol. The fourth-order valence-electron chi connectivity index (χ4n) is 4.72. The number of rotatable bonds is 10. The third-order valence-corrected chi connectivity index (χ3v) is 6.74. The number of fused-ring (bicyclic) bond motifs is 1. The van der Waals surface area contributed by atoms with Gasteiger partial charge in [0.25, 0.3) is 5.91 Å². The Hall–Kier alpha value is -4.87. The van der Waals surface area contributed by atoms with Crippen LogP contribution < -0.4 is 26.6 Å². The number of nitrogens with two attached hydrogens (primary N) is 1. The molecule has 4 rings (SSSR count). The molecule has 2 aromatic carbocycles. The summed E-state index contributed by atoms with van der Waals surface area (Å²) in [5.41, 5.74) is 8.63. The number of amidine groups is 1. The quantitative estimate of drug-likeness (QED) is 0.128. The van der Waals surface area contributed by atoms with Gasteiger partial charge in [0.05, 0.1) is 13.2 Å². The zero-order valence-electron chi connectivity index (χ0n) is 22.4. The second-order valence-corrected chi connectivity index (χ2v) is 9.30. The maximum atomic E-state index is 13.2. The molecule has 1 aliphatic heterocycles. The molecular formula is C28H33N7O5. The van der Waals surface area contributed by atoms with E-state index in [1.54, 1.807) is 36.1 Å². The van der Waals surface area contributed by atoms with Gasteiger partial charge in [-0.25, -0.2) is 9.59 Å². The number of benzene rings is 2. The van der Waals surface area contributed by atoms with E-state index < -0.39 is 30.0 Å². The number of nitrogens with zero attached hydrogens (tertiary/aromatic N) is 1. The molecule has 0 bridgehead atoms. The molecule has 1 aromatic heterocycles. The summed E-state index contributed by atoms with van der Waals surface area (Å²) < 4.78 is 5.11. The zero-order chi connectivity index (χ0) is 28.8. The standard InChI is InChI=1S/C28H33N7O5/c1-3-18-19-7-5-6-8-20(19)32-23(18)25(36)33-22(27(38)40-4-2)15-31-28(39)34-21-13-14-35(26(21)37)17-11-9-16(10-12-17)24(29)30/h5-12,21-22,32H,3-4,13-15H2,1-2H3,(H3,29,30)(H,33,36)(H2,31,34,39). The number of aryl methyl sites for hydroxylation is 1. The normalized spacial score (nSPS) is 15.5. The van der Waals surface area contributed by atoms with Crippen molar-refractivity contribution in [2.45, 2.75) is 38.8 Å². The van der Waals surface area contributed by atoms with E-state index >= 15 is 0 Å². The van der Waals surface area contributed by atoms with Crippen LogP contribution in [0.25, 0.3) is 10.9 Å². The molecule has 0 aliphatic carbocycles. The van der Waals surface area contributed by atoms with Gasteiger partial charge in [-0.15, -0.1) is 0 Å². The van der Waals surface area contributed by atoms with Crippen molar-refractivity contribution in [3.8, 4) is 0 Å². The molecule has 12 heteroatoms. The van der Waals surface area contributed by atoms with Gasteiger partial charge in [0.1, 0.15) is 23.6 Å². The molecule has 1 saturated heterocycles. The maximum absolute atomic E-state index is 13.2. The Morgan fingerprint density at radius 1 is 1.15 bits per heavy atom. The van der Waals surface area contributed by atoms with E-state index in [0.29, 0.717) is 36.3 Å². The van der Waals surface area contributed by atoms with Crippen LogP contribution in [0.2, 0.25) is 0 Å². The number of esters is 1. The molecule has 1 aliphatic rings. The Balaban J connectivity index is 1.37. The number of para-hydroxylation sites is 1. The van der Waals surface area contributed by atoms with E-state index in [1.807, 2.05) is 31.2 Å². The number of nitrogen functional groups attached to an aromatic ring is 1. The summed E-state index contributed by atoms with van der Waals surface area (Å²) in [4.78, 5) is 56.0. The number of anilines is 1. The number of hydrogen-bond acceptors (Lipinski definition) is 6. The summed E-state index contributed by atoms with van der Waals surface area (Å²) >= 11 is 0. The Kier molecular flexibility index (Phi) is 8.67. The van der Waals surface area contributed by atoms with Crippen molar-refractivity contribution >= 4 is 46.2 Å². The lowest BCUT2D eigenvalue weighted by Gasteiger charge is -2.20. The second kappa shape index (κ2) is 12.3. The monoisotopic (exact) mass is 547 g/mol. The second-order valence-electron chi connectivity index (χ2n) is 9.30. The highest BCUT2D eigenvalue weighted by Crippen LogP contribution is 2.23. The topological polar surface area (TPSA) is 182 Å². The average Bonchev–Trinajstić information content (AvgIpc) is 3.51. The number of aromatic nitrogens is 1. The summed E-state index contributed by atoms with van der Waals surface area (Å²) in [6, 6.07) is 11.7. The highest BCUT2D eigenvalue weighted by Gasteiger charge is 2.34. The molecule has 0 radical (unpaired) electrons. The molecule has 4 amide bonds. The molecule has 0 spiro atoms. The van der Waals surface area contributed by atoms with Crippen LogP contribution in [-0.2, 0) is 20.7 Å². The summed E-state index contributed by atoms with van der Waals surface area (Å²) in [7, 11) is 0. The van der Waals surface area contributed by atoms with Crippen molar-refractivity contribution in [1.82, 2.24) is 20.9 Å². The zero-order valence-corrected chi connectivity index (χ0v) is 22.4. The first-order chi connectivity index (χ1) is 19.2. The van der Waals surface area contributed by atoms with Crippen LogP contribution >= 0.6 is 0 Å². The molecule has 2 heterocycles. The largest absolute Gasteiger partial charge is 0.464 e. The number of ether oxygens (including phenoxy) is 1. The highest BCUT2D eigenvalue weighted by molar-refractivity contribution is 6.03. The minimum absolute atomic E-state index is 0.0695. The van der Waals surface area contributed by atoms with Gasteiger partial charge in [-0.1, -0.05) is 25.1 Å². The lowest BCUT2D eigenvalue weighted by Crippen LogP contribution is -2.53. The van der Waals surface area contributed by atoms with Gasteiger partial charge in [-0.2, -0.15) is 0 Å². The summed E-state index contributed by atoms with van der Waals surface area (Å²) in [5.74, 6) is -1.54. The molecule has 2 unspecified atom stereocenters. The Labute approximate surface area is 231 Å². The van der Waals surface area contributed by atoms with Gasteiger partial charge in [-0.3, -0.25) is 15.0 Å². The fraction of sp³-hybridized carbons (Fsp3) is 0.321. The van der Waals surface area contributed by atoms with Crippen LogP contribution in [0, 0.1) is 5.41 Å². The van der Waals surface area contributed by atoms with Crippen LogP contribution in [0.15, 0.2) is 48.5 Å². The fourth-order valence-corrected chi connectivity index (χ4v) is 4.72. The summed E-state index contributed by atoms with van der Waals surface area (Å²) in [6.07, 6.45) is 0.990. The number of aromatic amines is 1. The van der Waals surface area contributed by atoms with E-state index in [4.69, 9.17) is 15.9 Å². The van der Waals surface area contributed by atoms with Crippen molar-refractivity contribution in [2.24, 2.45) is 5.73 Å². The van der Waals surface area contributed by atoms with Crippen LogP contribution in [0.1, 0.15) is 41.9 Å². The molecule has 210 valence electrons. The molecule has 40 heavy (non-hydrogen) atoms. The molecule has 7 N–H and O–H groups in total. The number of carbonyl (C=O) groups excluding carboxylic acids is 4. The third-order valence-electron chi connectivity index (χ3n) is 6.74. The predicted octanol–water partition coefficient (Wildman–Crippen LogP) is 1.78. The number of hydrogen-bond donors (Lipinski definition) is 6. The van der Waals surface area contributed by atoms with Gasteiger partial charge < -0.3 is 36.3 Å². The number of H-pyrrole nitrogens is 1. The molecule has 2 atom stereocenters. The van der Waals surface area contributed by atoms with E-state index in [0.717, 1.165) is 16.5 Å². The molecule has 1 fully saturated rings. The van der Waals surface area contributed by atoms with Crippen LogP contribution in [0.5, 0.6) is 0 Å². The average molecular weight is 548 g/mol.